The summed E-state index contributed by atoms with van der Waals surface area (Å²) >= 11 is 0. The normalized spacial score (nSPS) is 24.6. The first-order valence-corrected chi connectivity index (χ1v) is 7.52. The first-order chi connectivity index (χ1) is 8.09. The van der Waals surface area contributed by atoms with E-state index < -0.39 is 9.84 Å². The van der Waals surface area contributed by atoms with Gasteiger partial charge in [0.05, 0.1) is 16.7 Å². The molecule has 0 saturated carbocycles. The van der Waals surface area contributed by atoms with Gasteiger partial charge < -0.3 is 5.32 Å². The van der Waals surface area contributed by atoms with Crippen molar-refractivity contribution < 1.29 is 8.42 Å². The van der Waals surface area contributed by atoms with E-state index in [1.165, 1.54) is 0 Å². The lowest BCUT2D eigenvalue weighted by atomic mass is 10.2. The number of aromatic nitrogens is 2. The van der Waals surface area contributed by atoms with Crippen LogP contribution in [0.25, 0.3) is 0 Å². The van der Waals surface area contributed by atoms with E-state index >= 15 is 0 Å². The molecule has 1 aliphatic heterocycles. The highest BCUT2D eigenvalue weighted by Gasteiger charge is 2.31. The van der Waals surface area contributed by atoms with Crippen LogP contribution in [0.3, 0.4) is 0 Å². The largest absolute Gasteiger partial charge is 0.308 e. The zero-order valence-corrected chi connectivity index (χ0v) is 10.7. The van der Waals surface area contributed by atoms with E-state index in [4.69, 9.17) is 0 Å². The number of sulfone groups is 1. The summed E-state index contributed by atoms with van der Waals surface area (Å²) in [4.78, 5) is 8.18. The topological polar surface area (TPSA) is 72.0 Å². The van der Waals surface area contributed by atoms with Crippen molar-refractivity contribution in [3.63, 3.8) is 0 Å². The summed E-state index contributed by atoms with van der Waals surface area (Å²) in [6.07, 6.45) is 6.51. The molecule has 2 rings (SSSR count). The van der Waals surface area contributed by atoms with Gasteiger partial charge >= 0.3 is 0 Å². The van der Waals surface area contributed by atoms with Crippen molar-refractivity contribution in [3.8, 4) is 0 Å². The van der Waals surface area contributed by atoms with Crippen LogP contribution in [0.1, 0.15) is 31.5 Å². The lowest BCUT2D eigenvalue weighted by molar-refractivity contribution is 0.530. The molecule has 0 spiro atoms. The second-order valence-electron chi connectivity index (χ2n) is 4.39. The molecule has 0 bridgehead atoms. The predicted molar refractivity (Wildman–Crippen MR) is 65.3 cm³/mol. The average molecular weight is 255 g/mol. The Morgan fingerprint density at radius 2 is 2.35 bits per heavy atom. The molecule has 1 aromatic rings. The highest BCUT2D eigenvalue weighted by molar-refractivity contribution is 7.92. The highest BCUT2D eigenvalue weighted by Crippen LogP contribution is 2.20. The summed E-state index contributed by atoms with van der Waals surface area (Å²) in [7, 11) is -2.86. The first-order valence-electron chi connectivity index (χ1n) is 5.80. The molecule has 2 unspecified atom stereocenters. The average Bonchev–Trinajstić information content (AvgIpc) is 2.66. The van der Waals surface area contributed by atoms with Crippen LogP contribution < -0.4 is 5.32 Å². The Morgan fingerprint density at radius 1 is 1.53 bits per heavy atom. The third kappa shape index (κ3) is 3.01. The van der Waals surface area contributed by atoms with E-state index in [2.05, 4.69) is 15.3 Å². The van der Waals surface area contributed by atoms with Gasteiger partial charge in [0.25, 0.3) is 0 Å². The van der Waals surface area contributed by atoms with Crippen molar-refractivity contribution in [2.45, 2.75) is 31.1 Å². The minimum Gasteiger partial charge on any atom is -0.308 e. The van der Waals surface area contributed by atoms with Crippen molar-refractivity contribution in [2.24, 2.45) is 0 Å². The van der Waals surface area contributed by atoms with Gasteiger partial charge in [-0.2, -0.15) is 0 Å². The van der Waals surface area contributed by atoms with Crippen molar-refractivity contribution >= 4 is 9.84 Å². The SMILES string of the molecule is CC(NCC1CCCS1(=O)=O)c1cnccn1. The molecule has 1 saturated heterocycles. The maximum atomic E-state index is 11.6. The molecule has 0 radical (unpaired) electrons. The fraction of sp³-hybridized carbons (Fsp3) is 0.636. The molecule has 1 aromatic heterocycles. The lowest BCUT2D eigenvalue weighted by Gasteiger charge is -2.16. The Bertz CT molecular complexity index is 461. The van der Waals surface area contributed by atoms with Gasteiger partial charge in [-0.3, -0.25) is 9.97 Å². The van der Waals surface area contributed by atoms with E-state index in [0.29, 0.717) is 12.3 Å². The minimum absolute atomic E-state index is 0.0273. The van der Waals surface area contributed by atoms with Crippen LogP contribution in [-0.4, -0.2) is 35.9 Å². The van der Waals surface area contributed by atoms with Crippen molar-refractivity contribution in [2.75, 3.05) is 12.3 Å². The number of rotatable bonds is 4. The van der Waals surface area contributed by atoms with Crippen LogP contribution >= 0.6 is 0 Å². The Labute approximate surface area is 102 Å². The van der Waals surface area contributed by atoms with Gasteiger partial charge in [0.15, 0.2) is 9.84 Å². The van der Waals surface area contributed by atoms with Crippen LogP contribution in [-0.2, 0) is 9.84 Å². The van der Waals surface area contributed by atoms with Crippen molar-refractivity contribution in [1.29, 1.82) is 0 Å². The van der Waals surface area contributed by atoms with Crippen LogP contribution in [0.2, 0.25) is 0 Å². The Hall–Kier alpha value is -1.01. The van der Waals surface area contributed by atoms with Gasteiger partial charge in [0.2, 0.25) is 0 Å². The third-order valence-electron chi connectivity index (χ3n) is 3.14. The maximum absolute atomic E-state index is 11.6. The summed E-state index contributed by atoms with van der Waals surface area (Å²) in [5, 5.41) is 2.98. The van der Waals surface area contributed by atoms with Gasteiger partial charge in [-0.25, -0.2) is 8.42 Å². The van der Waals surface area contributed by atoms with Gasteiger partial charge in [-0.1, -0.05) is 0 Å². The summed E-state index contributed by atoms with van der Waals surface area (Å²) in [5.74, 6) is 0.332. The summed E-state index contributed by atoms with van der Waals surface area (Å²) in [6.45, 7) is 2.46. The van der Waals surface area contributed by atoms with E-state index in [-0.39, 0.29) is 11.3 Å². The molecule has 1 fully saturated rings. The monoisotopic (exact) mass is 255 g/mol. The molecule has 0 aromatic carbocycles. The zero-order valence-electron chi connectivity index (χ0n) is 9.83. The number of nitrogens with zero attached hydrogens (tertiary/aromatic N) is 2. The van der Waals surface area contributed by atoms with Crippen LogP contribution in [0, 0.1) is 0 Å². The molecule has 1 aliphatic rings. The molecular weight excluding hydrogens is 238 g/mol. The molecule has 2 atom stereocenters. The Kier molecular flexibility index (Phi) is 3.73. The molecule has 94 valence electrons. The maximum Gasteiger partial charge on any atom is 0.154 e. The minimum atomic E-state index is -2.86. The first kappa shape index (κ1) is 12.4. The second-order valence-corrected chi connectivity index (χ2v) is 6.79. The number of hydrogen-bond donors (Lipinski definition) is 1. The van der Waals surface area contributed by atoms with Gasteiger partial charge in [-0.15, -0.1) is 0 Å². The fourth-order valence-electron chi connectivity index (χ4n) is 2.03. The standard InChI is InChI=1S/C11H17N3O2S/c1-9(11-8-12-4-5-13-11)14-7-10-3-2-6-17(10,15)16/h4-5,8-10,14H,2-3,6-7H2,1H3. The Morgan fingerprint density at radius 3 is 2.94 bits per heavy atom. The van der Waals surface area contributed by atoms with Crippen LogP contribution in [0.4, 0.5) is 0 Å². The third-order valence-corrected chi connectivity index (χ3v) is 5.42. The molecular formula is C11H17N3O2S. The quantitative estimate of drug-likeness (QED) is 0.857. The second kappa shape index (κ2) is 5.10. The lowest BCUT2D eigenvalue weighted by Crippen LogP contribution is -2.32. The van der Waals surface area contributed by atoms with Gasteiger partial charge in [-0.05, 0) is 19.8 Å². The van der Waals surface area contributed by atoms with E-state index in [9.17, 15) is 8.42 Å². The summed E-state index contributed by atoms with van der Waals surface area (Å²) < 4.78 is 23.3. The molecule has 0 aliphatic carbocycles. The van der Waals surface area contributed by atoms with E-state index in [1.807, 2.05) is 6.92 Å². The van der Waals surface area contributed by atoms with Crippen molar-refractivity contribution in [1.82, 2.24) is 15.3 Å². The molecule has 17 heavy (non-hydrogen) atoms. The summed E-state index contributed by atoms with van der Waals surface area (Å²) in [6, 6.07) is 0.0273. The Balaban J connectivity index is 1.91. The fourth-order valence-corrected chi connectivity index (χ4v) is 3.81. The zero-order chi connectivity index (χ0) is 12.3. The van der Waals surface area contributed by atoms with E-state index in [1.54, 1.807) is 18.6 Å². The van der Waals surface area contributed by atoms with Gasteiger partial charge in [0.1, 0.15) is 0 Å². The molecule has 1 N–H and O–H groups in total. The van der Waals surface area contributed by atoms with Crippen LogP contribution in [0.5, 0.6) is 0 Å². The highest BCUT2D eigenvalue weighted by atomic mass is 32.2. The smallest absolute Gasteiger partial charge is 0.154 e. The molecule has 2 heterocycles. The predicted octanol–water partition coefficient (Wildman–Crippen LogP) is 0.704. The number of nitrogens with one attached hydrogen (secondary N) is 1. The van der Waals surface area contributed by atoms with Crippen molar-refractivity contribution in [3.05, 3.63) is 24.3 Å². The number of hydrogen-bond acceptors (Lipinski definition) is 5. The molecule has 6 heteroatoms. The van der Waals surface area contributed by atoms with E-state index in [0.717, 1.165) is 18.5 Å². The molecule has 5 nitrogen and oxygen atoms in total. The van der Waals surface area contributed by atoms with Crippen LogP contribution in [0.15, 0.2) is 18.6 Å². The summed E-state index contributed by atoms with van der Waals surface area (Å²) in [5.41, 5.74) is 0.836. The van der Waals surface area contributed by atoms with Gasteiger partial charge in [0, 0.05) is 31.2 Å². The molecule has 0 amide bonds.